The average Bonchev–Trinajstić information content (AvgIpc) is 2.45. The van der Waals surface area contributed by atoms with Crippen molar-refractivity contribution in [2.24, 2.45) is 0 Å². The zero-order chi connectivity index (χ0) is 14.5. The first-order valence-electron chi connectivity index (χ1n) is 6.27. The molecule has 1 aromatic heterocycles. The van der Waals surface area contributed by atoms with E-state index in [2.05, 4.69) is 55.2 Å². The van der Waals surface area contributed by atoms with Crippen molar-refractivity contribution >= 4 is 31.9 Å². The van der Waals surface area contributed by atoms with Crippen LogP contribution in [0.3, 0.4) is 0 Å². The quantitative estimate of drug-likeness (QED) is 0.805. The first kappa shape index (κ1) is 15.5. The molecule has 3 nitrogen and oxygen atoms in total. The Hall–Kier alpha value is -0.910. The molecule has 0 spiro atoms. The Morgan fingerprint density at radius 2 is 1.95 bits per heavy atom. The number of benzene rings is 1. The zero-order valence-electron chi connectivity index (χ0n) is 11.4. The zero-order valence-corrected chi connectivity index (χ0v) is 14.5. The Bertz CT molecular complexity index is 576. The van der Waals surface area contributed by atoms with Crippen molar-refractivity contribution in [2.75, 3.05) is 7.11 Å². The summed E-state index contributed by atoms with van der Waals surface area (Å²) >= 11 is 7.03. The van der Waals surface area contributed by atoms with E-state index in [1.807, 2.05) is 30.6 Å². The molecule has 0 aliphatic heterocycles. The Kier molecular flexibility index (Phi) is 5.57. The van der Waals surface area contributed by atoms with E-state index >= 15 is 0 Å². The molecule has 0 saturated heterocycles. The molecular weight excluding hydrogens is 384 g/mol. The van der Waals surface area contributed by atoms with Gasteiger partial charge in [-0.15, -0.1) is 0 Å². The molecule has 0 unspecified atom stereocenters. The van der Waals surface area contributed by atoms with Crippen LogP contribution >= 0.6 is 31.9 Å². The monoisotopic (exact) mass is 398 g/mol. The highest BCUT2D eigenvalue weighted by Crippen LogP contribution is 2.32. The van der Waals surface area contributed by atoms with E-state index in [-0.39, 0.29) is 6.04 Å². The molecule has 2 aromatic rings. The molecular formula is C15H16Br2N2O. The number of ether oxygens (including phenoxy) is 1. The molecule has 1 heterocycles. The number of pyridine rings is 1. The van der Waals surface area contributed by atoms with Gasteiger partial charge in [0.2, 0.25) is 0 Å². The van der Waals surface area contributed by atoms with E-state index in [0.717, 1.165) is 26.8 Å². The van der Waals surface area contributed by atoms with Gasteiger partial charge in [0, 0.05) is 35.0 Å². The number of hydrogen-bond donors (Lipinski definition) is 1. The number of halogens is 2. The van der Waals surface area contributed by atoms with E-state index in [4.69, 9.17) is 4.74 Å². The minimum absolute atomic E-state index is 0.250. The summed E-state index contributed by atoms with van der Waals surface area (Å²) in [6.45, 7) is 2.86. The lowest BCUT2D eigenvalue weighted by molar-refractivity contribution is 0.403. The van der Waals surface area contributed by atoms with E-state index < -0.39 is 0 Å². The van der Waals surface area contributed by atoms with Crippen molar-refractivity contribution in [1.29, 1.82) is 0 Å². The summed E-state index contributed by atoms with van der Waals surface area (Å²) in [5, 5.41) is 3.49. The number of hydrogen-bond acceptors (Lipinski definition) is 3. The molecule has 0 aliphatic rings. The van der Waals surface area contributed by atoms with Crippen LogP contribution in [0.2, 0.25) is 0 Å². The normalized spacial score (nSPS) is 12.2. The Morgan fingerprint density at radius 3 is 2.60 bits per heavy atom. The molecule has 0 amide bonds. The van der Waals surface area contributed by atoms with E-state index in [9.17, 15) is 0 Å². The predicted octanol–water partition coefficient (Wildman–Crippen LogP) is 4.47. The summed E-state index contributed by atoms with van der Waals surface area (Å²) in [6.07, 6.45) is 3.62. The summed E-state index contributed by atoms with van der Waals surface area (Å²) < 4.78 is 7.42. The summed E-state index contributed by atoms with van der Waals surface area (Å²) in [5.74, 6) is 0.864. The van der Waals surface area contributed by atoms with Crippen LogP contribution in [0.25, 0.3) is 0 Å². The Morgan fingerprint density at radius 1 is 1.25 bits per heavy atom. The maximum Gasteiger partial charge on any atom is 0.137 e. The summed E-state index contributed by atoms with van der Waals surface area (Å²) in [4.78, 5) is 4.04. The van der Waals surface area contributed by atoms with Crippen LogP contribution in [0, 0.1) is 0 Å². The van der Waals surface area contributed by atoms with Gasteiger partial charge in [-0.1, -0.05) is 15.9 Å². The minimum atomic E-state index is 0.250. The number of aromatic nitrogens is 1. The molecule has 106 valence electrons. The van der Waals surface area contributed by atoms with Crippen LogP contribution in [-0.4, -0.2) is 12.1 Å². The van der Waals surface area contributed by atoms with Crippen molar-refractivity contribution in [3.63, 3.8) is 0 Å². The molecule has 1 atom stereocenters. The van der Waals surface area contributed by atoms with Crippen LogP contribution < -0.4 is 10.1 Å². The first-order valence-corrected chi connectivity index (χ1v) is 7.85. The highest BCUT2D eigenvalue weighted by Gasteiger charge is 2.11. The lowest BCUT2D eigenvalue weighted by Crippen LogP contribution is -2.18. The van der Waals surface area contributed by atoms with Crippen LogP contribution in [0.4, 0.5) is 0 Å². The van der Waals surface area contributed by atoms with Crippen molar-refractivity contribution in [2.45, 2.75) is 19.5 Å². The molecule has 5 heteroatoms. The van der Waals surface area contributed by atoms with Crippen LogP contribution in [0.5, 0.6) is 5.75 Å². The third-order valence-corrected chi connectivity index (χ3v) is 4.14. The SMILES string of the molecule is COc1c(Br)cc(Br)cc1CN[C@H](C)c1ccncc1. The smallest absolute Gasteiger partial charge is 0.137 e. The van der Waals surface area contributed by atoms with Gasteiger partial charge in [0.25, 0.3) is 0 Å². The maximum absolute atomic E-state index is 5.45. The molecule has 0 fully saturated rings. The molecule has 1 aromatic carbocycles. The van der Waals surface area contributed by atoms with Crippen LogP contribution in [0.1, 0.15) is 24.1 Å². The van der Waals surface area contributed by atoms with E-state index in [1.165, 1.54) is 5.56 Å². The number of nitrogens with one attached hydrogen (secondary N) is 1. The van der Waals surface area contributed by atoms with Gasteiger partial charge in [-0.25, -0.2) is 0 Å². The number of methoxy groups -OCH3 is 1. The van der Waals surface area contributed by atoms with E-state index in [0.29, 0.717) is 0 Å². The summed E-state index contributed by atoms with van der Waals surface area (Å²) in [5.41, 5.74) is 2.32. The van der Waals surface area contributed by atoms with Crippen molar-refractivity contribution in [3.8, 4) is 5.75 Å². The second-order valence-corrected chi connectivity index (χ2v) is 6.23. The number of rotatable bonds is 5. The Balaban J connectivity index is 2.11. The van der Waals surface area contributed by atoms with Gasteiger partial charge >= 0.3 is 0 Å². The lowest BCUT2D eigenvalue weighted by Gasteiger charge is -2.16. The van der Waals surface area contributed by atoms with Gasteiger partial charge in [-0.2, -0.15) is 0 Å². The van der Waals surface area contributed by atoms with Crippen molar-refractivity contribution in [3.05, 3.63) is 56.7 Å². The molecule has 0 saturated carbocycles. The van der Waals surface area contributed by atoms with Gasteiger partial charge in [0.05, 0.1) is 11.6 Å². The molecule has 0 aliphatic carbocycles. The minimum Gasteiger partial charge on any atom is -0.495 e. The molecule has 2 rings (SSSR count). The van der Waals surface area contributed by atoms with Crippen molar-refractivity contribution < 1.29 is 4.74 Å². The molecule has 1 N–H and O–H groups in total. The fourth-order valence-corrected chi connectivity index (χ4v) is 3.48. The summed E-state index contributed by atoms with van der Waals surface area (Å²) in [6, 6.07) is 8.34. The molecule has 0 radical (unpaired) electrons. The van der Waals surface area contributed by atoms with Gasteiger partial charge in [0.1, 0.15) is 5.75 Å². The predicted molar refractivity (Wildman–Crippen MR) is 87.9 cm³/mol. The van der Waals surface area contributed by atoms with E-state index in [1.54, 1.807) is 7.11 Å². The third-order valence-electron chi connectivity index (χ3n) is 3.09. The second kappa shape index (κ2) is 7.20. The first-order chi connectivity index (χ1) is 9.61. The standard InChI is InChI=1S/C15H16Br2N2O/c1-10(11-3-5-18-6-4-11)19-9-12-7-13(16)8-14(17)15(12)20-2/h3-8,10,19H,9H2,1-2H3/t10-/m1/s1. The van der Waals surface area contributed by atoms with Gasteiger partial charge < -0.3 is 10.1 Å². The fourth-order valence-electron chi connectivity index (χ4n) is 2.01. The van der Waals surface area contributed by atoms with Gasteiger partial charge in [-0.3, -0.25) is 4.98 Å². The average molecular weight is 400 g/mol. The highest BCUT2D eigenvalue weighted by atomic mass is 79.9. The van der Waals surface area contributed by atoms with Gasteiger partial charge in [-0.05, 0) is 52.7 Å². The lowest BCUT2D eigenvalue weighted by atomic mass is 10.1. The Labute approximate surface area is 136 Å². The summed E-state index contributed by atoms with van der Waals surface area (Å²) in [7, 11) is 1.68. The number of nitrogens with zero attached hydrogens (tertiary/aromatic N) is 1. The second-order valence-electron chi connectivity index (χ2n) is 4.46. The van der Waals surface area contributed by atoms with Crippen LogP contribution in [-0.2, 0) is 6.54 Å². The van der Waals surface area contributed by atoms with Gasteiger partial charge in [0.15, 0.2) is 0 Å². The molecule has 0 bridgehead atoms. The largest absolute Gasteiger partial charge is 0.495 e. The highest BCUT2D eigenvalue weighted by molar-refractivity contribution is 9.11. The topological polar surface area (TPSA) is 34.1 Å². The third kappa shape index (κ3) is 3.81. The van der Waals surface area contributed by atoms with Crippen LogP contribution in [0.15, 0.2) is 45.6 Å². The molecule has 20 heavy (non-hydrogen) atoms. The fraction of sp³-hybridized carbons (Fsp3) is 0.267. The van der Waals surface area contributed by atoms with Crippen molar-refractivity contribution in [1.82, 2.24) is 10.3 Å². The maximum atomic E-state index is 5.45.